The summed E-state index contributed by atoms with van der Waals surface area (Å²) in [6.45, 7) is 2.57. The molecule has 0 radical (unpaired) electrons. The molecule has 0 saturated carbocycles. The van der Waals surface area contributed by atoms with E-state index in [0.29, 0.717) is 13.0 Å². The molecule has 4 heteroatoms. The number of carbonyl (C=O) groups is 1. The summed E-state index contributed by atoms with van der Waals surface area (Å²) in [6.07, 6.45) is 6.40. The summed E-state index contributed by atoms with van der Waals surface area (Å²) in [6, 6.07) is 1.92. The van der Waals surface area contributed by atoms with E-state index in [0.717, 1.165) is 23.3 Å². The van der Waals surface area contributed by atoms with Crippen LogP contribution in [-0.4, -0.2) is 17.6 Å². The van der Waals surface area contributed by atoms with Gasteiger partial charge in [0.15, 0.2) is 0 Å². The van der Waals surface area contributed by atoms with E-state index in [9.17, 15) is 4.79 Å². The molecule has 1 rings (SSSR count). The average molecular weight is 293 g/mol. The van der Waals surface area contributed by atoms with Gasteiger partial charge in [0.2, 0.25) is 5.91 Å². The highest BCUT2D eigenvalue weighted by Gasteiger charge is 2.05. The summed E-state index contributed by atoms with van der Waals surface area (Å²) >= 11 is 1.58. The molecule has 1 heterocycles. The molecule has 0 aliphatic heterocycles. The zero-order valence-corrected chi connectivity index (χ0v) is 12.9. The maximum atomic E-state index is 11.7. The largest absolute Gasteiger partial charge is 0.384 e. The summed E-state index contributed by atoms with van der Waals surface area (Å²) in [7, 11) is 0. The Morgan fingerprint density at radius 3 is 2.90 bits per heavy atom. The predicted molar refractivity (Wildman–Crippen MR) is 83.5 cm³/mol. The lowest BCUT2D eigenvalue weighted by molar-refractivity contribution is -0.121. The van der Waals surface area contributed by atoms with E-state index in [2.05, 4.69) is 24.1 Å². The molecule has 1 aromatic rings. The highest BCUT2D eigenvalue weighted by Crippen LogP contribution is 2.15. The number of amides is 1. The lowest BCUT2D eigenvalue weighted by atomic mass is 10.1. The summed E-state index contributed by atoms with van der Waals surface area (Å²) in [4.78, 5) is 12.8. The van der Waals surface area contributed by atoms with Gasteiger partial charge in [-0.2, -0.15) is 0 Å². The van der Waals surface area contributed by atoms with Gasteiger partial charge in [-0.25, -0.2) is 0 Å². The minimum atomic E-state index is -0.139. The fourth-order valence-electron chi connectivity index (χ4n) is 1.88. The number of carbonyl (C=O) groups excluding carboxylic acids is 1. The van der Waals surface area contributed by atoms with Crippen molar-refractivity contribution in [2.24, 2.45) is 0 Å². The van der Waals surface area contributed by atoms with Crippen molar-refractivity contribution in [1.82, 2.24) is 5.32 Å². The number of nitrogens with one attached hydrogen (secondary N) is 1. The van der Waals surface area contributed by atoms with Crippen molar-refractivity contribution in [3.05, 3.63) is 21.9 Å². The van der Waals surface area contributed by atoms with Crippen LogP contribution in [0, 0.1) is 11.8 Å². The van der Waals surface area contributed by atoms with E-state index in [1.165, 1.54) is 19.3 Å². The summed E-state index contributed by atoms with van der Waals surface area (Å²) in [5.74, 6) is 5.63. The summed E-state index contributed by atoms with van der Waals surface area (Å²) in [5, 5.41) is 13.6. The van der Waals surface area contributed by atoms with Crippen LogP contribution in [0.15, 0.2) is 11.4 Å². The van der Waals surface area contributed by atoms with Gasteiger partial charge in [0.25, 0.3) is 0 Å². The van der Waals surface area contributed by atoms with Crippen molar-refractivity contribution >= 4 is 17.2 Å². The zero-order valence-electron chi connectivity index (χ0n) is 12.1. The lowest BCUT2D eigenvalue weighted by Gasteiger charge is -2.04. The topological polar surface area (TPSA) is 49.3 Å². The highest BCUT2D eigenvalue weighted by molar-refractivity contribution is 7.10. The van der Waals surface area contributed by atoms with Crippen LogP contribution in [0.2, 0.25) is 0 Å². The first-order chi connectivity index (χ1) is 9.77. The first-order valence-electron chi connectivity index (χ1n) is 7.20. The Bertz CT molecular complexity index is 457. The van der Waals surface area contributed by atoms with E-state index in [1.807, 2.05) is 11.4 Å². The van der Waals surface area contributed by atoms with E-state index in [1.54, 1.807) is 11.3 Å². The van der Waals surface area contributed by atoms with Gasteiger partial charge in [0.1, 0.15) is 6.61 Å². The minimum Gasteiger partial charge on any atom is -0.384 e. The van der Waals surface area contributed by atoms with Crippen LogP contribution in [0.1, 0.15) is 55.9 Å². The maximum Gasteiger partial charge on any atom is 0.220 e. The zero-order chi connectivity index (χ0) is 14.6. The van der Waals surface area contributed by atoms with Crippen LogP contribution < -0.4 is 5.32 Å². The molecule has 0 spiro atoms. The first kappa shape index (κ1) is 16.7. The lowest BCUT2D eigenvalue weighted by Crippen LogP contribution is -2.22. The first-order valence-corrected chi connectivity index (χ1v) is 8.08. The van der Waals surface area contributed by atoms with Crippen LogP contribution >= 0.6 is 11.3 Å². The molecule has 2 N–H and O–H groups in total. The molecule has 0 saturated heterocycles. The smallest absolute Gasteiger partial charge is 0.220 e. The quantitative estimate of drug-likeness (QED) is 0.571. The Kier molecular flexibility index (Phi) is 8.77. The van der Waals surface area contributed by atoms with Crippen molar-refractivity contribution in [2.75, 3.05) is 6.61 Å². The molecule has 3 nitrogen and oxygen atoms in total. The van der Waals surface area contributed by atoms with Gasteiger partial charge in [0.05, 0.1) is 6.54 Å². The molecule has 0 aliphatic carbocycles. The van der Waals surface area contributed by atoms with Crippen molar-refractivity contribution in [2.45, 2.75) is 52.0 Å². The SMILES string of the molecule is CCCCCCCC(=O)NCc1sccc1C#CCO. The Morgan fingerprint density at radius 1 is 1.35 bits per heavy atom. The Hall–Kier alpha value is -1.31. The van der Waals surface area contributed by atoms with E-state index >= 15 is 0 Å². The van der Waals surface area contributed by atoms with Crippen LogP contribution in [0.5, 0.6) is 0 Å². The predicted octanol–water partition coefficient (Wildman–Crippen LogP) is 3.07. The molecular weight excluding hydrogens is 270 g/mol. The van der Waals surface area contributed by atoms with E-state index in [4.69, 9.17) is 5.11 Å². The van der Waals surface area contributed by atoms with Gasteiger partial charge in [-0.15, -0.1) is 11.3 Å². The molecule has 1 amide bonds. The number of hydrogen-bond acceptors (Lipinski definition) is 3. The molecule has 0 atom stereocenters. The summed E-state index contributed by atoms with van der Waals surface area (Å²) < 4.78 is 0. The van der Waals surface area contributed by atoms with Gasteiger partial charge in [0, 0.05) is 16.9 Å². The van der Waals surface area contributed by atoms with E-state index < -0.39 is 0 Å². The summed E-state index contributed by atoms with van der Waals surface area (Å²) in [5.41, 5.74) is 0.896. The highest BCUT2D eigenvalue weighted by atomic mass is 32.1. The fourth-order valence-corrected chi connectivity index (χ4v) is 2.65. The maximum absolute atomic E-state index is 11.7. The number of rotatable bonds is 8. The number of aliphatic hydroxyl groups is 1. The molecule has 0 aromatic carbocycles. The van der Waals surface area contributed by atoms with Crippen molar-refractivity contribution in [1.29, 1.82) is 0 Å². The average Bonchev–Trinajstić information content (AvgIpc) is 2.90. The van der Waals surface area contributed by atoms with Crippen molar-refractivity contribution in [3.8, 4) is 11.8 Å². The molecule has 0 fully saturated rings. The van der Waals surface area contributed by atoms with Crippen molar-refractivity contribution in [3.63, 3.8) is 0 Å². The molecular formula is C16H23NO2S. The van der Waals surface area contributed by atoms with Gasteiger partial charge in [-0.1, -0.05) is 44.4 Å². The standard InChI is InChI=1S/C16H23NO2S/c1-2-3-4-5-6-9-16(19)17-13-15-14(8-7-11-18)10-12-20-15/h10,12,18H,2-6,9,11,13H2,1H3,(H,17,19). The van der Waals surface area contributed by atoms with Gasteiger partial charge in [-0.3, -0.25) is 4.79 Å². The molecule has 0 unspecified atom stereocenters. The van der Waals surface area contributed by atoms with Crippen molar-refractivity contribution < 1.29 is 9.90 Å². The third kappa shape index (κ3) is 6.74. The second-order valence-corrected chi connectivity index (χ2v) is 5.66. The number of unbranched alkanes of at least 4 members (excludes halogenated alkanes) is 4. The minimum absolute atomic E-state index is 0.107. The van der Waals surface area contributed by atoms with Crippen LogP contribution in [0.3, 0.4) is 0 Å². The Balaban J connectivity index is 2.25. The molecule has 20 heavy (non-hydrogen) atoms. The third-order valence-corrected chi connectivity index (χ3v) is 3.92. The molecule has 0 aliphatic rings. The monoisotopic (exact) mass is 293 g/mol. The Morgan fingerprint density at radius 2 is 2.15 bits per heavy atom. The third-order valence-electron chi connectivity index (χ3n) is 3.00. The van der Waals surface area contributed by atoms with Crippen LogP contribution in [0.25, 0.3) is 0 Å². The fraction of sp³-hybridized carbons (Fsp3) is 0.562. The van der Waals surface area contributed by atoms with E-state index in [-0.39, 0.29) is 12.5 Å². The number of aliphatic hydroxyl groups excluding tert-OH is 1. The normalized spacial score (nSPS) is 9.90. The number of hydrogen-bond donors (Lipinski definition) is 2. The van der Waals surface area contributed by atoms with Gasteiger partial charge >= 0.3 is 0 Å². The molecule has 110 valence electrons. The Labute approximate surface area is 125 Å². The number of thiophene rings is 1. The second kappa shape index (κ2) is 10.5. The van der Waals surface area contributed by atoms with Gasteiger partial charge < -0.3 is 10.4 Å². The molecule has 0 bridgehead atoms. The van der Waals surface area contributed by atoms with Crippen LogP contribution in [-0.2, 0) is 11.3 Å². The molecule has 1 aromatic heterocycles. The second-order valence-electron chi connectivity index (χ2n) is 4.66. The van der Waals surface area contributed by atoms with Gasteiger partial charge in [-0.05, 0) is 17.9 Å². The van der Waals surface area contributed by atoms with Crippen LogP contribution in [0.4, 0.5) is 0 Å².